The van der Waals surface area contributed by atoms with Crippen LogP contribution in [0.5, 0.6) is 0 Å². The number of hydrogen-bond donors (Lipinski definition) is 1. The number of benzene rings is 1. The maximum Gasteiger partial charge on any atom is 0.291 e. The van der Waals surface area contributed by atoms with Crippen molar-refractivity contribution in [2.45, 2.75) is 17.9 Å². The summed E-state index contributed by atoms with van der Waals surface area (Å²) >= 11 is 3.33. The van der Waals surface area contributed by atoms with Crippen molar-refractivity contribution in [1.82, 2.24) is 4.90 Å². The van der Waals surface area contributed by atoms with Crippen molar-refractivity contribution in [3.05, 3.63) is 70.5 Å². The van der Waals surface area contributed by atoms with Crippen molar-refractivity contribution in [3.8, 4) is 0 Å². The van der Waals surface area contributed by atoms with Crippen LogP contribution in [0.4, 0.5) is 5.00 Å². The fourth-order valence-electron chi connectivity index (χ4n) is 3.62. The highest BCUT2D eigenvalue weighted by atomic mass is 32.2. The van der Waals surface area contributed by atoms with Crippen molar-refractivity contribution in [2.75, 3.05) is 37.9 Å². The zero-order valence-corrected chi connectivity index (χ0v) is 18.1. The molecule has 0 spiro atoms. The summed E-state index contributed by atoms with van der Waals surface area (Å²) in [6.45, 7) is 5.22. The molecule has 1 aliphatic rings. The van der Waals surface area contributed by atoms with Crippen LogP contribution in [-0.4, -0.2) is 43.4 Å². The summed E-state index contributed by atoms with van der Waals surface area (Å²) in [5.41, 5.74) is 2.34. The molecule has 4 rings (SSSR count). The van der Waals surface area contributed by atoms with Gasteiger partial charge in [-0.05, 0) is 49.1 Å². The molecule has 1 fully saturated rings. The number of rotatable bonds is 6. The number of furan rings is 1. The van der Waals surface area contributed by atoms with Gasteiger partial charge in [0.25, 0.3) is 5.91 Å². The predicted molar refractivity (Wildman–Crippen MR) is 118 cm³/mol. The highest BCUT2D eigenvalue weighted by molar-refractivity contribution is 7.98. The second-order valence-corrected chi connectivity index (χ2v) is 9.03. The Balaban J connectivity index is 1.70. The summed E-state index contributed by atoms with van der Waals surface area (Å²) in [5.74, 6) is 0.0887. The van der Waals surface area contributed by atoms with E-state index in [4.69, 9.17) is 9.15 Å². The van der Waals surface area contributed by atoms with E-state index in [1.165, 1.54) is 16.7 Å². The molecule has 0 unspecified atom stereocenters. The fraction of sp³-hybridized carbons (Fsp3) is 0.318. The molecule has 1 aromatic carbocycles. The Morgan fingerprint density at radius 2 is 1.97 bits per heavy atom. The van der Waals surface area contributed by atoms with E-state index >= 15 is 0 Å². The van der Waals surface area contributed by atoms with Gasteiger partial charge in [-0.25, -0.2) is 0 Å². The van der Waals surface area contributed by atoms with E-state index in [9.17, 15) is 4.79 Å². The lowest BCUT2D eigenvalue weighted by Gasteiger charge is -2.35. The molecule has 3 aromatic rings. The second kappa shape index (κ2) is 9.17. The summed E-state index contributed by atoms with van der Waals surface area (Å²) in [6, 6.07) is 14.3. The number of nitrogens with one attached hydrogen (secondary N) is 1. The number of carbonyl (C=O) groups is 1. The number of hydrogen-bond acceptors (Lipinski definition) is 6. The Labute approximate surface area is 179 Å². The molecule has 2 aromatic heterocycles. The Kier molecular flexibility index (Phi) is 6.40. The first-order valence-corrected chi connectivity index (χ1v) is 11.6. The zero-order chi connectivity index (χ0) is 20.2. The van der Waals surface area contributed by atoms with Crippen LogP contribution < -0.4 is 5.32 Å². The number of aryl methyl sites for hydroxylation is 1. The Morgan fingerprint density at radius 1 is 1.21 bits per heavy atom. The molecule has 0 bridgehead atoms. The number of amides is 1. The lowest BCUT2D eigenvalue weighted by molar-refractivity contribution is 0.0241. The van der Waals surface area contributed by atoms with E-state index in [1.54, 1.807) is 35.2 Å². The normalized spacial score (nSPS) is 15.9. The maximum absolute atomic E-state index is 12.6. The number of thioether (sulfide) groups is 1. The van der Waals surface area contributed by atoms with Gasteiger partial charge in [0.15, 0.2) is 5.76 Å². The number of ether oxygens (including phenoxy) is 1. The molecule has 1 amide bonds. The van der Waals surface area contributed by atoms with Crippen molar-refractivity contribution in [1.29, 1.82) is 0 Å². The van der Waals surface area contributed by atoms with Crippen molar-refractivity contribution < 1.29 is 13.9 Å². The smallest absolute Gasteiger partial charge is 0.291 e. The first-order valence-electron chi connectivity index (χ1n) is 9.56. The third kappa shape index (κ3) is 4.59. The molecule has 1 saturated heterocycles. The van der Waals surface area contributed by atoms with Crippen molar-refractivity contribution in [2.24, 2.45) is 0 Å². The third-order valence-electron chi connectivity index (χ3n) is 4.99. The van der Waals surface area contributed by atoms with E-state index in [2.05, 4.69) is 53.7 Å². The zero-order valence-electron chi connectivity index (χ0n) is 16.5. The Bertz CT molecular complexity index is 945. The number of anilines is 1. The average Bonchev–Trinajstić information content (AvgIpc) is 3.40. The van der Waals surface area contributed by atoms with Gasteiger partial charge in [-0.1, -0.05) is 12.1 Å². The van der Waals surface area contributed by atoms with E-state index in [-0.39, 0.29) is 11.9 Å². The highest BCUT2D eigenvalue weighted by Crippen LogP contribution is 2.39. The van der Waals surface area contributed by atoms with Crippen LogP contribution in [0.2, 0.25) is 0 Å². The first-order chi connectivity index (χ1) is 14.2. The topological polar surface area (TPSA) is 54.7 Å². The van der Waals surface area contributed by atoms with E-state index in [0.717, 1.165) is 41.7 Å². The highest BCUT2D eigenvalue weighted by Gasteiger charge is 2.28. The number of morpholine rings is 1. The summed E-state index contributed by atoms with van der Waals surface area (Å²) in [5, 5.41) is 3.94. The van der Waals surface area contributed by atoms with Crippen LogP contribution in [-0.2, 0) is 4.74 Å². The molecule has 1 N–H and O–H groups in total. The quantitative estimate of drug-likeness (QED) is 0.557. The van der Waals surface area contributed by atoms with Crippen LogP contribution >= 0.6 is 23.1 Å². The molecule has 5 nitrogen and oxygen atoms in total. The van der Waals surface area contributed by atoms with Crippen molar-refractivity contribution >= 4 is 34.0 Å². The standard InChI is InChI=1S/C22H24N2O3S2/c1-15-14-18(22(29-15)23-21(25)19-4-3-11-27-19)20(24-9-12-26-13-10-24)16-5-7-17(28-2)8-6-16/h3-8,11,14,20H,9-10,12-13H2,1-2H3,(H,23,25)/t20-/m0/s1. The molecular weight excluding hydrogens is 404 g/mol. The SMILES string of the molecule is CSc1ccc([C@@H](c2cc(C)sc2NC(=O)c2ccco2)N2CCOCC2)cc1. The van der Waals surface area contributed by atoms with Gasteiger partial charge in [0.05, 0.1) is 25.5 Å². The summed E-state index contributed by atoms with van der Waals surface area (Å²) < 4.78 is 10.8. The molecule has 1 atom stereocenters. The van der Waals surface area contributed by atoms with Gasteiger partial charge in [-0.2, -0.15) is 0 Å². The minimum absolute atomic E-state index is 0.0617. The monoisotopic (exact) mass is 428 g/mol. The molecule has 152 valence electrons. The summed E-state index contributed by atoms with van der Waals surface area (Å²) in [6.07, 6.45) is 3.60. The van der Waals surface area contributed by atoms with Gasteiger partial charge in [0.2, 0.25) is 0 Å². The summed E-state index contributed by atoms with van der Waals surface area (Å²) in [4.78, 5) is 17.5. The molecule has 29 heavy (non-hydrogen) atoms. The van der Waals surface area contributed by atoms with Gasteiger partial charge < -0.3 is 14.5 Å². The number of carbonyl (C=O) groups excluding carboxylic acids is 1. The van der Waals surface area contributed by atoms with Crippen LogP contribution in [0, 0.1) is 6.92 Å². The lowest BCUT2D eigenvalue weighted by Crippen LogP contribution is -2.39. The van der Waals surface area contributed by atoms with E-state index in [1.807, 2.05) is 0 Å². The Hall–Kier alpha value is -2.06. The molecule has 0 aliphatic carbocycles. The van der Waals surface area contributed by atoms with Gasteiger partial charge in [0.1, 0.15) is 5.00 Å². The average molecular weight is 429 g/mol. The first kappa shape index (κ1) is 20.2. The molecule has 1 aliphatic heterocycles. The van der Waals surface area contributed by atoms with Crippen molar-refractivity contribution in [3.63, 3.8) is 0 Å². The van der Waals surface area contributed by atoms with Crippen LogP contribution in [0.25, 0.3) is 0 Å². The second-order valence-electron chi connectivity index (χ2n) is 6.90. The minimum Gasteiger partial charge on any atom is -0.459 e. The van der Waals surface area contributed by atoms with Gasteiger partial charge in [0, 0.05) is 28.4 Å². The molecule has 0 radical (unpaired) electrons. The third-order valence-corrected chi connectivity index (χ3v) is 6.72. The molecule has 7 heteroatoms. The van der Waals surface area contributed by atoms with Crippen LogP contribution in [0.3, 0.4) is 0 Å². The van der Waals surface area contributed by atoms with E-state index < -0.39 is 0 Å². The summed E-state index contributed by atoms with van der Waals surface area (Å²) in [7, 11) is 0. The Morgan fingerprint density at radius 3 is 2.62 bits per heavy atom. The fourth-order valence-corrected chi connectivity index (χ4v) is 4.96. The van der Waals surface area contributed by atoms with Crippen LogP contribution in [0.1, 0.15) is 32.6 Å². The molecule has 3 heterocycles. The number of thiophene rings is 1. The molecular formula is C22H24N2O3S2. The number of nitrogens with zero attached hydrogens (tertiary/aromatic N) is 1. The molecule has 0 saturated carbocycles. The maximum atomic E-state index is 12.6. The van der Waals surface area contributed by atoms with Gasteiger partial charge >= 0.3 is 0 Å². The van der Waals surface area contributed by atoms with E-state index in [0.29, 0.717) is 5.76 Å². The lowest BCUT2D eigenvalue weighted by atomic mass is 9.98. The van der Waals surface area contributed by atoms with Gasteiger partial charge in [-0.3, -0.25) is 9.69 Å². The predicted octanol–water partition coefficient (Wildman–Crippen LogP) is 5.05. The van der Waals surface area contributed by atoms with Crippen LogP contribution in [0.15, 0.2) is 58.0 Å². The largest absolute Gasteiger partial charge is 0.459 e. The minimum atomic E-state index is -0.225. The van der Waals surface area contributed by atoms with Gasteiger partial charge in [-0.15, -0.1) is 23.1 Å².